The lowest BCUT2D eigenvalue weighted by Crippen LogP contribution is -2.10. The van der Waals surface area contributed by atoms with Crippen LogP contribution in [0.25, 0.3) is 77.2 Å². The van der Waals surface area contributed by atoms with Crippen molar-refractivity contribution < 1.29 is 8.83 Å². The van der Waals surface area contributed by atoms with Crippen LogP contribution in [0.15, 0.2) is 179 Å². The standard InChI is InChI=1S/C45H28N2O2/c1-3-12-30(13-4-1)45-46-40-27-39-37-20-11-21-41(44(37)48-42(39)28-43(40)49-45)47(32-15-5-2-6-16-32)33-24-22-29(23-25-33)38-26-31-14-7-8-17-34(31)35-18-9-10-19-36(35)38/h1-28H. The van der Waals surface area contributed by atoms with Crippen LogP contribution in [0, 0.1) is 0 Å². The summed E-state index contributed by atoms with van der Waals surface area (Å²) in [4.78, 5) is 7.09. The van der Waals surface area contributed by atoms with Crippen LogP contribution in [0.2, 0.25) is 0 Å². The SMILES string of the molecule is c1ccc(-c2nc3cc4c(cc3o2)oc2c(N(c3ccccc3)c3ccc(-c5cc6ccccc6c6ccccc56)cc3)cccc24)cc1. The number of para-hydroxylation sites is 2. The van der Waals surface area contributed by atoms with Crippen molar-refractivity contribution in [3.63, 3.8) is 0 Å². The minimum Gasteiger partial charge on any atom is -0.454 e. The van der Waals surface area contributed by atoms with E-state index in [1.54, 1.807) is 0 Å². The molecule has 0 aliphatic heterocycles. The number of oxazole rings is 1. The van der Waals surface area contributed by atoms with Crippen molar-refractivity contribution in [1.29, 1.82) is 0 Å². The Hall–Kier alpha value is -6.65. The molecule has 0 saturated carbocycles. The van der Waals surface area contributed by atoms with Gasteiger partial charge in [0, 0.05) is 33.8 Å². The Balaban J connectivity index is 1.11. The monoisotopic (exact) mass is 628 g/mol. The number of furan rings is 1. The minimum atomic E-state index is 0.601. The van der Waals surface area contributed by atoms with Gasteiger partial charge in [0.25, 0.3) is 0 Å². The molecule has 0 radical (unpaired) electrons. The van der Waals surface area contributed by atoms with Crippen molar-refractivity contribution in [2.75, 3.05) is 4.90 Å². The average Bonchev–Trinajstić information content (AvgIpc) is 3.76. The van der Waals surface area contributed by atoms with E-state index in [1.165, 1.54) is 32.7 Å². The lowest BCUT2D eigenvalue weighted by molar-refractivity contribution is 0.617. The molecule has 0 unspecified atom stereocenters. The fraction of sp³-hybridized carbons (Fsp3) is 0. The highest BCUT2D eigenvalue weighted by Gasteiger charge is 2.21. The van der Waals surface area contributed by atoms with Gasteiger partial charge >= 0.3 is 0 Å². The Labute approximate surface area is 282 Å². The van der Waals surface area contributed by atoms with Gasteiger partial charge in [-0.2, -0.15) is 0 Å². The smallest absolute Gasteiger partial charge is 0.227 e. The molecular formula is C45H28N2O2. The molecule has 10 rings (SSSR count). The lowest BCUT2D eigenvalue weighted by atomic mass is 9.93. The van der Waals surface area contributed by atoms with Gasteiger partial charge in [-0.15, -0.1) is 0 Å². The zero-order chi connectivity index (χ0) is 32.3. The molecule has 2 heterocycles. The van der Waals surface area contributed by atoms with Gasteiger partial charge in [0.15, 0.2) is 11.2 Å². The zero-order valence-corrected chi connectivity index (χ0v) is 26.4. The van der Waals surface area contributed by atoms with Gasteiger partial charge in [-0.1, -0.05) is 109 Å². The third kappa shape index (κ3) is 4.49. The van der Waals surface area contributed by atoms with E-state index in [2.05, 4.69) is 132 Å². The van der Waals surface area contributed by atoms with E-state index in [9.17, 15) is 0 Å². The summed E-state index contributed by atoms with van der Waals surface area (Å²) >= 11 is 0. The van der Waals surface area contributed by atoms with E-state index in [1.807, 2.05) is 42.5 Å². The Morgan fingerprint density at radius 3 is 1.92 bits per heavy atom. The van der Waals surface area contributed by atoms with Crippen molar-refractivity contribution in [2.45, 2.75) is 0 Å². The summed E-state index contributed by atoms with van der Waals surface area (Å²) in [5.41, 5.74) is 9.45. The molecule has 0 spiro atoms. The summed E-state index contributed by atoms with van der Waals surface area (Å²) in [7, 11) is 0. The van der Waals surface area contributed by atoms with Crippen LogP contribution >= 0.6 is 0 Å². The van der Waals surface area contributed by atoms with E-state index in [-0.39, 0.29) is 0 Å². The first-order chi connectivity index (χ1) is 24.3. The van der Waals surface area contributed by atoms with Crippen LogP contribution in [0.5, 0.6) is 0 Å². The molecule has 0 aliphatic rings. The van der Waals surface area contributed by atoms with Crippen LogP contribution in [-0.2, 0) is 0 Å². The highest BCUT2D eigenvalue weighted by Crippen LogP contribution is 2.44. The van der Waals surface area contributed by atoms with Gasteiger partial charge in [-0.05, 0) is 87.3 Å². The van der Waals surface area contributed by atoms with E-state index in [0.717, 1.165) is 50.1 Å². The highest BCUT2D eigenvalue weighted by molar-refractivity contribution is 6.14. The Morgan fingerprint density at radius 2 is 1.10 bits per heavy atom. The van der Waals surface area contributed by atoms with Crippen molar-refractivity contribution >= 4 is 71.6 Å². The summed E-state index contributed by atoms with van der Waals surface area (Å²) in [6.45, 7) is 0. The van der Waals surface area contributed by atoms with Crippen LogP contribution in [-0.4, -0.2) is 4.98 Å². The molecule has 2 aromatic heterocycles. The second kappa shape index (κ2) is 11.0. The molecule has 0 atom stereocenters. The van der Waals surface area contributed by atoms with Crippen LogP contribution in [0.3, 0.4) is 0 Å². The van der Waals surface area contributed by atoms with E-state index >= 15 is 0 Å². The number of benzene rings is 8. The van der Waals surface area contributed by atoms with Crippen molar-refractivity contribution in [3.05, 3.63) is 170 Å². The van der Waals surface area contributed by atoms with Crippen molar-refractivity contribution in [3.8, 4) is 22.6 Å². The molecule has 4 heteroatoms. The number of fused-ring (bicyclic) bond motifs is 7. The van der Waals surface area contributed by atoms with E-state index in [4.69, 9.17) is 13.8 Å². The van der Waals surface area contributed by atoms with Crippen LogP contribution < -0.4 is 4.90 Å². The average molecular weight is 629 g/mol. The van der Waals surface area contributed by atoms with Crippen LogP contribution in [0.4, 0.5) is 17.1 Å². The largest absolute Gasteiger partial charge is 0.454 e. The molecule has 0 fully saturated rings. The second-order valence-corrected chi connectivity index (χ2v) is 12.4. The first kappa shape index (κ1) is 27.5. The summed E-state index contributed by atoms with van der Waals surface area (Å²) in [5.74, 6) is 0.601. The maximum Gasteiger partial charge on any atom is 0.227 e. The maximum absolute atomic E-state index is 6.68. The molecule has 0 amide bonds. The van der Waals surface area contributed by atoms with Gasteiger partial charge < -0.3 is 13.7 Å². The molecule has 0 N–H and O–H groups in total. The molecule has 8 aromatic carbocycles. The zero-order valence-electron chi connectivity index (χ0n) is 26.4. The second-order valence-electron chi connectivity index (χ2n) is 12.4. The third-order valence-corrected chi connectivity index (χ3v) is 9.47. The number of rotatable bonds is 5. The molecule has 0 aliphatic carbocycles. The number of anilines is 3. The predicted molar refractivity (Wildman–Crippen MR) is 202 cm³/mol. The summed E-state index contributed by atoms with van der Waals surface area (Å²) < 4.78 is 12.9. The molecule has 0 bridgehead atoms. The predicted octanol–water partition coefficient (Wildman–Crippen LogP) is 12.8. The van der Waals surface area contributed by atoms with Gasteiger partial charge in [0.1, 0.15) is 11.1 Å². The highest BCUT2D eigenvalue weighted by atomic mass is 16.4. The third-order valence-electron chi connectivity index (χ3n) is 9.47. The van der Waals surface area contributed by atoms with E-state index < -0.39 is 0 Å². The summed E-state index contributed by atoms with van der Waals surface area (Å²) in [5, 5.41) is 7.05. The number of nitrogens with zero attached hydrogens (tertiary/aromatic N) is 2. The number of hydrogen-bond acceptors (Lipinski definition) is 4. The maximum atomic E-state index is 6.68. The summed E-state index contributed by atoms with van der Waals surface area (Å²) in [6.07, 6.45) is 0. The molecular weight excluding hydrogens is 601 g/mol. The quantitative estimate of drug-likeness (QED) is 0.178. The Morgan fingerprint density at radius 1 is 0.429 bits per heavy atom. The normalized spacial score (nSPS) is 11.7. The molecule has 230 valence electrons. The lowest BCUT2D eigenvalue weighted by Gasteiger charge is -2.25. The van der Waals surface area contributed by atoms with Gasteiger partial charge in [0.2, 0.25) is 5.89 Å². The van der Waals surface area contributed by atoms with E-state index in [0.29, 0.717) is 11.5 Å². The fourth-order valence-electron chi connectivity index (χ4n) is 7.17. The molecule has 10 aromatic rings. The van der Waals surface area contributed by atoms with Gasteiger partial charge in [-0.25, -0.2) is 4.98 Å². The fourth-order valence-corrected chi connectivity index (χ4v) is 7.17. The molecule has 4 nitrogen and oxygen atoms in total. The van der Waals surface area contributed by atoms with Crippen LogP contribution in [0.1, 0.15) is 0 Å². The Bertz CT molecular complexity index is 2820. The van der Waals surface area contributed by atoms with Crippen molar-refractivity contribution in [1.82, 2.24) is 4.98 Å². The van der Waals surface area contributed by atoms with Gasteiger partial charge in [-0.3, -0.25) is 0 Å². The molecule has 49 heavy (non-hydrogen) atoms. The number of hydrogen-bond donors (Lipinski definition) is 0. The number of aromatic nitrogens is 1. The first-order valence-corrected chi connectivity index (χ1v) is 16.5. The minimum absolute atomic E-state index is 0.601. The molecule has 0 saturated heterocycles. The van der Waals surface area contributed by atoms with Crippen molar-refractivity contribution in [2.24, 2.45) is 0 Å². The summed E-state index contributed by atoms with van der Waals surface area (Å²) in [6, 6.07) is 59.3. The van der Waals surface area contributed by atoms with Gasteiger partial charge in [0.05, 0.1) is 5.69 Å². The first-order valence-electron chi connectivity index (χ1n) is 16.5. The topological polar surface area (TPSA) is 42.4 Å². The Kier molecular flexibility index (Phi) is 6.15.